The van der Waals surface area contributed by atoms with E-state index in [1.54, 1.807) is 7.11 Å². The molecule has 0 spiro atoms. The fraction of sp³-hybridized carbons (Fsp3) is 0.261. The average Bonchev–Trinajstić information content (AvgIpc) is 2.76. The zero-order chi connectivity index (χ0) is 20.6. The Balaban J connectivity index is 1.72. The third kappa shape index (κ3) is 5.31. The molecule has 3 rings (SSSR count). The normalized spacial score (nSPS) is 10.9. The molecule has 1 N–H and O–H groups in total. The quantitative estimate of drug-likeness (QED) is 0.456. The second kappa shape index (κ2) is 9.68. The Hall–Kier alpha value is -3.41. The topological polar surface area (TPSA) is 62.6 Å². The molecule has 0 radical (unpaired) electrons. The summed E-state index contributed by atoms with van der Waals surface area (Å²) >= 11 is 0. The van der Waals surface area contributed by atoms with Crippen LogP contribution in [0.5, 0.6) is 5.75 Å². The maximum absolute atomic E-state index is 5.47. The summed E-state index contributed by atoms with van der Waals surface area (Å²) in [7, 11) is 5.73. The number of benzene rings is 2. The van der Waals surface area contributed by atoms with E-state index in [1.807, 2.05) is 57.6 Å². The highest BCUT2D eigenvalue weighted by molar-refractivity contribution is 5.70. The highest BCUT2D eigenvalue weighted by Gasteiger charge is 2.10. The molecule has 0 aliphatic heterocycles. The van der Waals surface area contributed by atoms with E-state index in [1.165, 1.54) is 11.3 Å². The van der Waals surface area contributed by atoms with Gasteiger partial charge in [0.1, 0.15) is 17.4 Å². The van der Waals surface area contributed by atoms with E-state index in [4.69, 9.17) is 4.74 Å². The van der Waals surface area contributed by atoms with Crippen molar-refractivity contribution < 1.29 is 4.74 Å². The van der Waals surface area contributed by atoms with Gasteiger partial charge in [-0.05, 0) is 29.8 Å². The Morgan fingerprint density at radius 3 is 2.52 bits per heavy atom. The Kier molecular flexibility index (Phi) is 6.79. The molecule has 3 aromatic rings. The van der Waals surface area contributed by atoms with Crippen LogP contribution in [-0.4, -0.2) is 37.4 Å². The molecule has 6 nitrogen and oxygen atoms in total. The van der Waals surface area contributed by atoms with E-state index in [0.29, 0.717) is 5.82 Å². The number of para-hydroxylation sites is 1. The fourth-order valence-corrected chi connectivity index (χ4v) is 2.90. The van der Waals surface area contributed by atoms with Gasteiger partial charge >= 0.3 is 0 Å². The van der Waals surface area contributed by atoms with Gasteiger partial charge in [-0.15, -0.1) is 0 Å². The van der Waals surface area contributed by atoms with Crippen molar-refractivity contribution in [3.63, 3.8) is 0 Å². The van der Waals surface area contributed by atoms with Crippen LogP contribution in [0.25, 0.3) is 11.3 Å². The minimum atomic E-state index is 0.664. The standard InChI is InChI=1S/C23H27N5O/c1-5-22-25-20(19-8-6-7-9-21(19)29-4)16-23(26-22)27-24-15-14-17-10-12-18(13-11-17)28(2)3/h6-13,15-16H,5,14H2,1-4H3,(H,25,26,27). The molecule has 0 bridgehead atoms. The molecular weight excluding hydrogens is 362 g/mol. The number of nitrogens with one attached hydrogen (secondary N) is 1. The smallest absolute Gasteiger partial charge is 0.150 e. The lowest BCUT2D eigenvalue weighted by Crippen LogP contribution is -2.08. The first-order valence-corrected chi connectivity index (χ1v) is 9.66. The molecule has 1 aromatic heterocycles. The first-order valence-electron chi connectivity index (χ1n) is 9.66. The second-order valence-electron chi connectivity index (χ2n) is 6.80. The number of rotatable bonds is 8. The second-order valence-corrected chi connectivity index (χ2v) is 6.80. The number of aromatic nitrogens is 2. The lowest BCUT2D eigenvalue weighted by Gasteiger charge is -2.12. The van der Waals surface area contributed by atoms with Crippen LogP contribution in [-0.2, 0) is 12.8 Å². The van der Waals surface area contributed by atoms with E-state index >= 15 is 0 Å². The van der Waals surface area contributed by atoms with Gasteiger partial charge in [0.25, 0.3) is 0 Å². The molecule has 0 aliphatic rings. The minimum absolute atomic E-state index is 0.664. The number of hydrogen-bond donors (Lipinski definition) is 1. The third-order valence-corrected chi connectivity index (χ3v) is 4.52. The van der Waals surface area contributed by atoms with Gasteiger partial charge in [-0.3, -0.25) is 5.43 Å². The van der Waals surface area contributed by atoms with Crippen molar-refractivity contribution in [2.75, 3.05) is 31.5 Å². The zero-order valence-corrected chi connectivity index (χ0v) is 17.4. The maximum Gasteiger partial charge on any atom is 0.150 e. The van der Waals surface area contributed by atoms with Crippen LogP contribution in [0, 0.1) is 0 Å². The van der Waals surface area contributed by atoms with Gasteiger partial charge in [0.15, 0.2) is 0 Å². The average molecular weight is 390 g/mol. The highest BCUT2D eigenvalue weighted by atomic mass is 16.5. The zero-order valence-electron chi connectivity index (χ0n) is 17.4. The number of hydrogen-bond acceptors (Lipinski definition) is 6. The molecule has 6 heteroatoms. The molecule has 0 atom stereocenters. The number of nitrogens with zero attached hydrogens (tertiary/aromatic N) is 4. The number of ether oxygens (including phenoxy) is 1. The van der Waals surface area contributed by atoms with Gasteiger partial charge in [0.2, 0.25) is 0 Å². The summed E-state index contributed by atoms with van der Waals surface area (Å²) < 4.78 is 5.47. The number of hydrazone groups is 1. The Bertz CT molecular complexity index is 967. The van der Waals surface area contributed by atoms with E-state index < -0.39 is 0 Å². The van der Waals surface area contributed by atoms with E-state index in [0.717, 1.165) is 35.7 Å². The minimum Gasteiger partial charge on any atom is -0.496 e. The summed E-state index contributed by atoms with van der Waals surface area (Å²) in [4.78, 5) is 11.3. The summed E-state index contributed by atoms with van der Waals surface area (Å²) in [6.45, 7) is 2.03. The number of aryl methyl sites for hydroxylation is 1. The lowest BCUT2D eigenvalue weighted by molar-refractivity contribution is 0.416. The monoisotopic (exact) mass is 389 g/mol. The van der Waals surface area contributed by atoms with Gasteiger partial charge in [-0.1, -0.05) is 31.2 Å². The van der Waals surface area contributed by atoms with Gasteiger partial charge in [0.05, 0.1) is 12.8 Å². The number of methoxy groups -OCH3 is 1. The molecule has 0 fully saturated rings. The van der Waals surface area contributed by atoms with Crippen LogP contribution in [0.15, 0.2) is 59.7 Å². The Morgan fingerprint density at radius 1 is 1.07 bits per heavy atom. The van der Waals surface area contributed by atoms with Crippen molar-refractivity contribution in [2.45, 2.75) is 19.8 Å². The van der Waals surface area contributed by atoms with Crippen molar-refractivity contribution >= 4 is 17.7 Å². The lowest BCUT2D eigenvalue weighted by atomic mass is 10.1. The van der Waals surface area contributed by atoms with Gasteiger partial charge in [-0.25, -0.2) is 9.97 Å². The first-order chi connectivity index (χ1) is 14.1. The summed E-state index contributed by atoms with van der Waals surface area (Å²) in [6.07, 6.45) is 3.33. The van der Waals surface area contributed by atoms with Gasteiger partial charge in [0, 0.05) is 50.5 Å². The van der Waals surface area contributed by atoms with E-state index in [-0.39, 0.29) is 0 Å². The molecule has 0 aliphatic carbocycles. The van der Waals surface area contributed by atoms with Crippen LogP contribution in [0.2, 0.25) is 0 Å². The molecule has 0 saturated heterocycles. The summed E-state index contributed by atoms with van der Waals surface area (Å²) in [5.74, 6) is 2.20. The molecule has 29 heavy (non-hydrogen) atoms. The van der Waals surface area contributed by atoms with Gasteiger partial charge in [-0.2, -0.15) is 5.10 Å². The highest BCUT2D eigenvalue weighted by Crippen LogP contribution is 2.29. The van der Waals surface area contributed by atoms with Crippen molar-refractivity contribution in [1.82, 2.24) is 9.97 Å². The molecule has 0 saturated carbocycles. The molecule has 150 valence electrons. The predicted octanol–water partition coefficient (Wildman–Crippen LogP) is 4.42. The van der Waals surface area contributed by atoms with E-state index in [9.17, 15) is 0 Å². The van der Waals surface area contributed by atoms with Crippen LogP contribution >= 0.6 is 0 Å². The predicted molar refractivity (Wildman–Crippen MR) is 120 cm³/mol. The van der Waals surface area contributed by atoms with Crippen molar-refractivity contribution in [1.29, 1.82) is 0 Å². The molecular formula is C23H27N5O. The summed E-state index contributed by atoms with van der Waals surface area (Å²) in [5, 5.41) is 4.34. The van der Waals surface area contributed by atoms with E-state index in [2.05, 4.69) is 49.7 Å². The summed E-state index contributed by atoms with van der Waals surface area (Å²) in [6, 6.07) is 18.2. The van der Waals surface area contributed by atoms with Crippen LogP contribution in [0.3, 0.4) is 0 Å². The maximum atomic E-state index is 5.47. The Morgan fingerprint density at radius 2 is 1.83 bits per heavy atom. The molecule has 2 aromatic carbocycles. The van der Waals surface area contributed by atoms with Crippen LogP contribution < -0.4 is 15.1 Å². The molecule has 0 amide bonds. The Labute approximate surface area is 172 Å². The van der Waals surface area contributed by atoms with Crippen molar-refractivity contribution in [3.05, 3.63) is 66.0 Å². The third-order valence-electron chi connectivity index (χ3n) is 4.52. The molecule has 1 heterocycles. The molecule has 0 unspecified atom stereocenters. The van der Waals surface area contributed by atoms with Crippen LogP contribution in [0.1, 0.15) is 18.3 Å². The van der Waals surface area contributed by atoms with Crippen molar-refractivity contribution in [2.24, 2.45) is 5.10 Å². The van der Waals surface area contributed by atoms with Crippen LogP contribution in [0.4, 0.5) is 11.5 Å². The largest absolute Gasteiger partial charge is 0.496 e. The summed E-state index contributed by atoms with van der Waals surface area (Å²) in [5.41, 5.74) is 7.16. The fourth-order valence-electron chi connectivity index (χ4n) is 2.90. The number of anilines is 2. The van der Waals surface area contributed by atoms with Crippen molar-refractivity contribution in [3.8, 4) is 17.0 Å². The first kappa shape index (κ1) is 20.3. The van der Waals surface area contributed by atoms with Gasteiger partial charge < -0.3 is 9.64 Å². The SMILES string of the molecule is CCc1nc(NN=CCc2ccc(N(C)C)cc2)cc(-c2ccccc2OC)n1.